The molecule has 2 heterocycles. The lowest BCUT2D eigenvalue weighted by Gasteiger charge is -2.40. The van der Waals surface area contributed by atoms with Crippen molar-refractivity contribution < 1.29 is 4.79 Å². The van der Waals surface area contributed by atoms with E-state index < -0.39 is 0 Å². The molecule has 1 unspecified atom stereocenters. The van der Waals surface area contributed by atoms with Gasteiger partial charge in [0.05, 0.1) is 5.41 Å². The highest BCUT2D eigenvalue weighted by atomic mass is 16.2. The maximum absolute atomic E-state index is 12.6. The van der Waals surface area contributed by atoms with Gasteiger partial charge in [0.2, 0.25) is 5.91 Å². The molecule has 2 aliphatic rings. The van der Waals surface area contributed by atoms with Crippen LogP contribution in [0.15, 0.2) is 0 Å². The number of hydrogen-bond acceptors (Lipinski definition) is 3. The number of rotatable bonds is 4. The minimum absolute atomic E-state index is 0.151. The zero-order chi connectivity index (χ0) is 13.9. The van der Waals surface area contributed by atoms with Gasteiger partial charge < -0.3 is 15.1 Å². The minimum atomic E-state index is -0.151. The topological polar surface area (TPSA) is 35.6 Å². The van der Waals surface area contributed by atoms with Gasteiger partial charge in [0.25, 0.3) is 0 Å². The molecule has 2 rings (SSSR count). The van der Waals surface area contributed by atoms with Crippen molar-refractivity contribution in [1.29, 1.82) is 0 Å². The van der Waals surface area contributed by atoms with Gasteiger partial charge in [0.15, 0.2) is 0 Å². The largest absolute Gasteiger partial charge is 0.342 e. The maximum atomic E-state index is 12.6. The van der Waals surface area contributed by atoms with Crippen molar-refractivity contribution in [2.75, 3.05) is 39.3 Å². The molecule has 1 amide bonds. The molecule has 0 radical (unpaired) electrons. The van der Waals surface area contributed by atoms with Crippen LogP contribution in [-0.4, -0.2) is 61.0 Å². The fourth-order valence-electron chi connectivity index (χ4n) is 3.56. The monoisotopic (exact) mass is 267 g/mol. The number of piperidine rings is 1. The van der Waals surface area contributed by atoms with E-state index in [2.05, 4.69) is 35.9 Å². The third-order valence-electron chi connectivity index (χ3n) is 4.97. The van der Waals surface area contributed by atoms with Gasteiger partial charge in [-0.25, -0.2) is 0 Å². The molecule has 0 bridgehead atoms. The Morgan fingerprint density at radius 1 is 1.32 bits per heavy atom. The van der Waals surface area contributed by atoms with E-state index in [4.69, 9.17) is 0 Å². The highest BCUT2D eigenvalue weighted by Crippen LogP contribution is 2.29. The van der Waals surface area contributed by atoms with E-state index in [0.717, 1.165) is 58.5 Å². The number of carbonyl (C=O) groups is 1. The van der Waals surface area contributed by atoms with E-state index in [1.54, 1.807) is 0 Å². The molecule has 4 heteroatoms. The summed E-state index contributed by atoms with van der Waals surface area (Å²) in [6.07, 6.45) is 3.26. The van der Waals surface area contributed by atoms with Crippen LogP contribution in [0.1, 0.15) is 40.0 Å². The van der Waals surface area contributed by atoms with Crippen molar-refractivity contribution in [3.63, 3.8) is 0 Å². The van der Waals surface area contributed by atoms with Crippen LogP contribution in [0.25, 0.3) is 0 Å². The Balaban J connectivity index is 1.87. The average molecular weight is 267 g/mol. The molecule has 2 aliphatic heterocycles. The Labute approximate surface area is 117 Å². The second-order valence-corrected chi connectivity index (χ2v) is 6.23. The smallest absolute Gasteiger partial charge is 0.229 e. The lowest BCUT2D eigenvalue weighted by Crippen LogP contribution is -2.50. The second-order valence-electron chi connectivity index (χ2n) is 6.23. The second kappa shape index (κ2) is 6.23. The third kappa shape index (κ3) is 3.11. The number of likely N-dealkylation sites (tertiary alicyclic amines) is 1. The molecule has 1 N–H and O–H groups in total. The number of nitrogens with one attached hydrogen (secondary N) is 1. The Bertz CT molecular complexity index is 301. The molecule has 0 aromatic heterocycles. The van der Waals surface area contributed by atoms with Crippen LogP contribution >= 0.6 is 0 Å². The van der Waals surface area contributed by atoms with E-state index >= 15 is 0 Å². The molecule has 4 nitrogen and oxygen atoms in total. The number of hydrogen-bond donors (Lipinski definition) is 1. The third-order valence-corrected chi connectivity index (χ3v) is 4.97. The number of nitrogens with zero attached hydrogens (tertiary/aromatic N) is 2. The molecule has 2 fully saturated rings. The molecular formula is C15H29N3O. The van der Waals surface area contributed by atoms with Crippen molar-refractivity contribution in [2.24, 2.45) is 5.41 Å². The van der Waals surface area contributed by atoms with Crippen LogP contribution in [0.3, 0.4) is 0 Å². The van der Waals surface area contributed by atoms with Crippen LogP contribution in [0.5, 0.6) is 0 Å². The van der Waals surface area contributed by atoms with Crippen LogP contribution in [0, 0.1) is 5.41 Å². The Morgan fingerprint density at radius 2 is 1.95 bits per heavy atom. The zero-order valence-corrected chi connectivity index (χ0v) is 12.7. The quantitative estimate of drug-likeness (QED) is 0.834. The predicted octanol–water partition coefficient (Wildman–Crippen LogP) is 1.32. The first-order chi connectivity index (χ1) is 9.10. The maximum Gasteiger partial charge on any atom is 0.229 e. The predicted molar refractivity (Wildman–Crippen MR) is 78.1 cm³/mol. The Morgan fingerprint density at radius 3 is 2.42 bits per heavy atom. The van der Waals surface area contributed by atoms with Crippen molar-refractivity contribution in [1.82, 2.24) is 15.1 Å². The van der Waals surface area contributed by atoms with Gasteiger partial charge in [0.1, 0.15) is 0 Å². The molecule has 0 saturated carbocycles. The molecule has 19 heavy (non-hydrogen) atoms. The highest BCUT2D eigenvalue weighted by molar-refractivity contribution is 5.83. The van der Waals surface area contributed by atoms with Gasteiger partial charge in [-0.3, -0.25) is 4.79 Å². The SMILES string of the molecule is CCN(CC)C1CCN(C(=O)C2(C)CCNC2)CC1. The standard InChI is InChI=1S/C15H29N3O/c1-4-17(5-2)13-6-10-18(11-7-13)14(19)15(3)8-9-16-12-15/h13,16H,4-12H2,1-3H3. The molecule has 1 atom stereocenters. The Kier molecular flexibility index (Phi) is 4.85. The summed E-state index contributed by atoms with van der Waals surface area (Å²) in [5, 5.41) is 3.32. The van der Waals surface area contributed by atoms with Crippen LogP contribution in [0.2, 0.25) is 0 Å². The average Bonchev–Trinajstić information content (AvgIpc) is 2.88. The van der Waals surface area contributed by atoms with Crippen LogP contribution in [0.4, 0.5) is 0 Å². The molecular weight excluding hydrogens is 238 g/mol. The molecule has 0 aromatic carbocycles. The number of carbonyl (C=O) groups excluding carboxylic acids is 1. The highest BCUT2D eigenvalue weighted by Gasteiger charge is 2.40. The van der Waals surface area contributed by atoms with Gasteiger partial charge in [0, 0.05) is 25.7 Å². The van der Waals surface area contributed by atoms with Gasteiger partial charge >= 0.3 is 0 Å². The summed E-state index contributed by atoms with van der Waals surface area (Å²) < 4.78 is 0. The fraction of sp³-hybridized carbons (Fsp3) is 0.933. The van der Waals surface area contributed by atoms with Crippen molar-refractivity contribution in [3.8, 4) is 0 Å². The molecule has 0 spiro atoms. The zero-order valence-electron chi connectivity index (χ0n) is 12.7. The molecule has 2 saturated heterocycles. The summed E-state index contributed by atoms with van der Waals surface area (Å²) in [5.74, 6) is 0.371. The van der Waals surface area contributed by atoms with Crippen molar-refractivity contribution >= 4 is 5.91 Å². The Hall–Kier alpha value is -0.610. The lowest BCUT2D eigenvalue weighted by molar-refractivity contribution is -0.141. The molecule has 110 valence electrons. The van der Waals surface area contributed by atoms with Gasteiger partial charge in [-0.1, -0.05) is 13.8 Å². The molecule has 0 aromatic rings. The van der Waals surface area contributed by atoms with Gasteiger partial charge in [-0.2, -0.15) is 0 Å². The van der Waals surface area contributed by atoms with Crippen molar-refractivity contribution in [2.45, 2.75) is 46.1 Å². The first-order valence-electron chi connectivity index (χ1n) is 7.85. The molecule has 0 aliphatic carbocycles. The van der Waals surface area contributed by atoms with E-state index in [9.17, 15) is 4.79 Å². The first-order valence-corrected chi connectivity index (χ1v) is 7.85. The van der Waals surface area contributed by atoms with E-state index in [1.807, 2.05) is 0 Å². The summed E-state index contributed by atoms with van der Waals surface area (Å²) in [4.78, 5) is 17.2. The van der Waals surface area contributed by atoms with Crippen LogP contribution < -0.4 is 5.32 Å². The van der Waals surface area contributed by atoms with Gasteiger partial charge in [-0.05, 0) is 45.8 Å². The summed E-state index contributed by atoms with van der Waals surface area (Å²) >= 11 is 0. The van der Waals surface area contributed by atoms with E-state index in [1.165, 1.54) is 0 Å². The lowest BCUT2D eigenvalue weighted by atomic mass is 9.87. The van der Waals surface area contributed by atoms with Gasteiger partial charge in [-0.15, -0.1) is 0 Å². The summed E-state index contributed by atoms with van der Waals surface area (Å²) in [5.41, 5.74) is -0.151. The fourth-order valence-corrected chi connectivity index (χ4v) is 3.56. The van der Waals surface area contributed by atoms with E-state index in [-0.39, 0.29) is 5.41 Å². The summed E-state index contributed by atoms with van der Waals surface area (Å²) in [6, 6.07) is 0.675. The minimum Gasteiger partial charge on any atom is -0.342 e. The number of amides is 1. The summed E-state index contributed by atoms with van der Waals surface area (Å²) in [6.45, 7) is 12.5. The van der Waals surface area contributed by atoms with Crippen molar-refractivity contribution in [3.05, 3.63) is 0 Å². The first kappa shape index (κ1) is 14.8. The van der Waals surface area contributed by atoms with E-state index in [0.29, 0.717) is 11.9 Å². The normalized spacial score (nSPS) is 29.2. The summed E-state index contributed by atoms with van der Waals surface area (Å²) in [7, 11) is 0. The van der Waals surface area contributed by atoms with Crippen LogP contribution in [-0.2, 0) is 4.79 Å².